The maximum Gasteiger partial charge on any atom is 0.151 e. The highest BCUT2D eigenvalue weighted by Crippen LogP contribution is 2.24. The van der Waals surface area contributed by atoms with Gasteiger partial charge in [-0.05, 0) is 19.1 Å². The Morgan fingerprint density at radius 2 is 2.31 bits per heavy atom. The minimum Gasteiger partial charge on any atom is -0.238 e. The van der Waals surface area contributed by atoms with Crippen molar-refractivity contribution in [3.05, 3.63) is 28.5 Å². The van der Waals surface area contributed by atoms with Crippen LogP contribution in [0.2, 0.25) is 0 Å². The Morgan fingerprint density at radius 1 is 1.54 bits per heavy atom. The fourth-order valence-corrected chi connectivity index (χ4v) is 2.04. The van der Waals surface area contributed by atoms with Crippen molar-refractivity contribution in [2.45, 2.75) is 6.92 Å². The number of nitrogens with zero attached hydrogens (tertiary/aromatic N) is 2. The first-order valence-electron chi connectivity index (χ1n) is 3.67. The average molecular weight is 192 g/mol. The van der Waals surface area contributed by atoms with Crippen LogP contribution in [0.3, 0.4) is 0 Å². The van der Waals surface area contributed by atoms with Gasteiger partial charge in [0.05, 0.1) is 21.3 Å². The van der Waals surface area contributed by atoms with Crippen molar-refractivity contribution in [2.75, 3.05) is 0 Å². The number of hydrogen-bond donors (Lipinski definition) is 0. The number of halogens is 1. The Bertz CT molecular complexity index is 510. The summed E-state index contributed by atoms with van der Waals surface area (Å²) < 4.78 is 14.0. The second kappa shape index (κ2) is 2.79. The first kappa shape index (κ1) is 8.14. The van der Waals surface area contributed by atoms with Crippen LogP contribution < -0.4 is 0 Å². The first-order chi connectivity index (χ1) is 6.20. The molecule has 4 heteroatoms. The highest BCUT2D eigenvalue weighted by Gasteiger charge is 2.07. The molecule has 13 heavy (non-hydrogen) atoms. The van der Waals surface area contributed by atoms with Crippen LogP contribution in [-0.4, -0.2) is 4.98 Å². The van der Waals surface area contributed by atoms with Gasteiger partial charge in [-0.1, -0.05) is 0 Å². The Kier molecular flexibility index (Phi) is 1.74. The van der Waals surface area contributed by atoms with Crippen molar-refractivity contribution in [1.29, 1.82) is 5.26 Å². The van der Waals surface area contributed by atoms with Gasteiger partial charge in [-0.2, -0.15) is 5.26 Å². The van der Waals surface area contributed by atoms with Gasteiger partial charge >= 0.3 is 0 Å². The van der Waals surface area contributed by atoms with Crippen LogP contribution >= 0.6 is 11.3 Å². The van der Waals surface area contributed by atoms with Crippen LogP contribution in [0.1, 0.15) is 10.6 Å². The molecule has 0 aliphatic carbocycles. The smallest absolute Gasteiger partial charge is 0.151 e. The van der Waals surface area contributed by atoms with Crippen molar-refractivity contribution in [3.8, 4) is 6.07 Å². The summed E-state index contributed by atoms with van der Waals surface area (Å²) in [6, 6.07) is 4.77. The molecule has 0 saturated heterocycles. The molecule has 0 aliphatic rings. The minimum absolute atomic E-state index is 0.341. The van der Waals surface area contributed by atoms with Gasteiger partial charge < -0.3 is 0 Å². The monoisotopic (exact) mass is 192 g/mol. The van der Waals surface area contributed by atoms with Crippen molar-refractivity contribution in [1.82, 2.24) is 4.98 Å². The standard InChI is InChI=1S/C9H5FN2S/c1-5-12-9-7(10)2-6(4-11)3-8(9)13-5/h2-3H,1H3. The number of hydrogen-bond acceptors (Lipinski definition) is 3. The molecular weight excluding hydrogens is 187 g/mol. The quantitative estimate of drug-likeness (QED) is 0.643. The van der Waals surface area contributed by atoms with Crippen LogP contribution in [-0.2, 0) is 0 Å². The lowest BCUT2D eigenvalue weighted by Gasteiger charge is -1.90. The van der Waals surface area contributed by atoms with Gasteiger partial charge in [-0.3, -0.25) is 0 Å². The van der Waals surface area contributed by atoms with Gasteiger partial charge in [0.1, 0.15) is 5.52 Å². The maximum absolute atomic E-state index is 13.2. The van der Waals surface area contributed by atoms with Gasteiger partial charge in [-0.15, -0.1) is 11.3 Å². The van der Waals surface area contributed by atoms with E-state index in [2.05, 4.69) is 4.98 Å². The summed E-state index contributed by atoms with van der Waals surface area (Å²) >= 11 is 1.39. The maximum atomic E-state index is 13.2. The molecule has 2 rings (SSSR count). The van der Waals surface area contributed by atoms with E-state index in [0.717, 1.165) is 9.71 Å². The van der Waals surface area contributed by atoms with Gasteiger partial charge in [0, 0.05) is 0 Å². The third-order valence-electron chi connectivity index (χ3n) is 1.68. The number of thiazole rings is 1. The molecule has 1 aromatic heterocycles. The van der Waals surface area contributed by atoms with E-state index in [1.807, 2.05) is 13.0 Å². The van der Waals surface area contributed by atoms with Crippen molar-refractivity contribution in [2.24, 2.45) is 0 Å². The second-order valence-corrected chi connectivity index (χ2v) is 3.88. The molecule has 0 N–H and O–H groups in total. The highest BCUT2D eigenvalue weighted by atomic mass is 32.1. The third kappa shape index (κ3) is 1.27. The molecule has 1 aromatic carbocycles. The molecule has 0 saturated carbocycles. The Balaban J connectivity index is 2.85. The first-order valence-corrected chi connectivity index (χ1v) is 4.49. The molecule has 0 aliphatic heterocycles. The van der Waals surface area contributed by atoms with Crippen molar-refractivity contribution < 1.29 is 4.39 Å². The van der Waals surface area contributed by atoms with Gasteiger partial charge in [0.25, 0.3) is 0 Å². The number of fused-ring (bicyclic) bond motifs is 1. The fraction of sp³-hybridized carbons (Fsp3) is 0.111. The molecule has 1 heterocycles. The summed E-state index contributed by atoms with van der Waals surface area (Å²) in [5, 5.41) is 9.41. The topological polar surface area (TPSA) is 36.7 Å². The third-order valence-corrected chi connectivity index (χ3v) is 2.60. The van der Waals surface area contributed by atoms with E-state index in [0.29, 0.717) is 11.1 Å². The van der Waals surface area contributed by atoms with E-state index in [9.17, 15) is 4.39 Å². The summed E-state index contributed by atoms with van der Waals surface area (Å²) in [5.41, 5.74) is 0.704. The summed E-state index contributed by atoms with van der Waals surface area (Å²) in [6.45, 7) is 1.82. The second-order valence-electron chi connectivity index (χ2n) is 2.65. The summed E-state index contributed by atoms with van der Waals surface area (Å²) in [4.78, 5) is 4.02. The minimum atomic E-state index is -0.418. The summed E-state index contributed by atoms with van der Waals surface area (Å²) in [6.07, 6.45) is 0. The number of nitriles is 1. The SMILES string of the molecule is Cc1nc2c(F)cc(C#N)cc2s1. The highest BCUT2D eigenvalue weighted by molar-refractivity contribution is 7.18. The number of aromatic nitrogens is 1. The summed E-state index contributed by atoms with van der Waals surface area (Å²) in [5.74, 6) is -0.418. The normalized spacial score (nSPS) is 10.2. The Hall–Kier alpha value is -1.47. The lowest BCUT2D eigenvalue weighted by molar-refractivity contribution is 0.636. The van der Waals surface area contributed by atoms with Gasteiger partial charge in [-0.25, -0.2) is 9.37 Å². The number of benzene rings is 1. The van der Waals surface area contributed by atoms with Crippen LogP contribution in [0.15, 0.2) is 12.1 Å². The lowest BCUT2D eigenvalue weighted by atomic mass is 10.2. The predicted molar refractivity (Wildman–Crippen MR) is 49.0 cm³/mol. The van der Waals surface area contributed by atoms with Crippen molar-refractivity contribution in [3.63, 3.8) is 0 Å². The Morgan fingerprint density at radius 3 is 3.00 bits per heavy atom. The van der Waals surface area contributed by atoms with Crippen LogP contribution in [0.25, 0.3) is 10.2 Å². The molecule has 0 spiro atoms. The zero-order chi connectivity index (χ0) is 9.42. The van der Waals surface area contributed by atoms with E-state index in [4.69, 9.17) is 5.26 Å². The molecule has 0 unspecified atom stereocenters. The van der Waals surface area contributed by atoms with E-state index in [1.165, 1.54) is 17.4 Å². The molecule has 2 nitrogen and oxygen atoms in total. The van der Waals surface area contributed by atoms with Gasteiger partial charge in [0.15, 0.2) is 5.82 Å². The zero-order valence-corrected chi connectivity index (χ0v) is 7.65. The van der Waals surface area contributed by atoms with E-state index >= 15 is 0 Å². The Labute approximate surface area is 78.3 Å². The molecule has 0 radical (unpaired) electrons. The fourth-order valence-electron chi connectivity index (χ4n) is 1.16. The number of aryl methyl sites for hydroxylation is 1. The largest absolute Gasteiger partial charge is 0.238 e. The molecule has 0 fully saturated rings. The molecule has 0 bridgehead atoms. The van der Waals surface area contributed by atoms with E-state index in [-0.39, 0.29) is 0 Å². The van der Waals surface area contributed by atoms with Gasteiger partial charge in [0.2, 0.25) is 0 Å². The lowest BCUT2D eigenvalue weighted by Crippen LogP contribution is -1.80. The molecule has 64 valence electrons. The molecular formula is C9H5FN2S. The number of rotatable bonds is 0. The summed E-state index contributed by atoms with van der Waals surface area (Å²) in [7, 11) is 0. The van der Waals surface area contributed by atoms with Crippen molar-refractivity contribution >= 4 is 21.6 Å². The molecule has 0 atom stereocenters. The van der Waals surface area contributed by atoms with E-state index < -0.39 is 5.82 Å². The van der Waals surface area contributed by atoms with Crippen LogP contribution in [0.5, 0.6) is 0 Å². The predicted octanol–water partition coefficient (Wildman–Crippen LogP) is 2.62. The van der Waals surface area contributed by atoms with E-state index in [1.54, 1.807) is 6.07 Å². The van der Waals surface area contributed by atoms with Crippen LogP contribution in [0, 0.1) is 24.1 Å². The van der Waals surface area contributed by atoms with Crippen LogP contribution in [0.4, 0.5) is 4.39 Å². The average Bonchev–Trinajstić information content (AvgIpc) is 2.46. The zero-order valence-electron chi connectivity index (χ0n) is 6.84. The molecule has 2 aromatic rings. The molecule has 0 amide bonds.